The molecule has 0 aliphatic carbocycles. The average Bonchev–Trinajstić information content (AvgIpc) is 2.77. The molecule has 0 spiro atoms. The molecule has 0 aliphatic rings. The topological polar surface area (TPSA) is 3.24 Å². The van der Waals surface area contributed by atoms with E-state index < -0.39 is 0 Å². The van der Waals surface area contributed by atoms with Crippen LogP contribution in [-0.4, -0.2) is 17.0 Å². The third-order valence-electron chi connectivity index (χ3n) is 6.88. The van der Waals surface area contributed by atoms with E-state index in [4.69, 9.17) is 0 Å². The number of anilines is 1. The summed E-state index contributed by atoms with van der Waals surface area (Å²) in [4.78, 5) is 2.54. The molecule has 1 atom stereocenters. The van der Waals surface area contributed by atoms with E-state index in [2.05, 4.69) is 154 Å². The van der Waals surface area contributed by atoms with Gasteiger partial charge in [-0.25, -0.2) is 0 Å². The van der Waals surface area contributed by atoms with Crippen LogP contribution in [0.4, 0.5) is 5.69 Å². The quantitative estimate of drug-likeness (QED) is 0.322. The van der Waals surface area contributed by atoms with Crippen LogP contribution in [0, 0.1) is 20.8 Å². The second-order valence-electron chi connectivity index (χ2n) is 11.8. The van der Waals surface area contributed by atoms with Gasteiger partial charge in [0.1, 0.15) is 0 Å². The molecule has 3 rings (SSSR count). The van der Waals surface area contributed by atoms with Crippen LogP contribution >= 0.6 is 7.92 Å². The molecule has 0 N–H and O–H groups in total. The van der Waals surface area contributed by atoms with Gasteiger partial charge in [0.15, 0.2) is 0 Å². The van der Waals surface area contributed by atoms with Crippen LogP contribution in [0.2, 0.25) is 0 Å². The standard InChI is InChI=1S/C24H27N.C9H21P/c1-18-15-19(2)24(20(3)16-18)25(17-22-11-7-5-8-12-22)21(4)23-13-9-6-10-14-23;1-8(2,3)10(7)9(4,5)6/h5-16,21H,17H2,1-4H3;1-7H3. The van der Waals surface area contributed by atoms with Crippen molar-refractivity contribution < 1.29 is 0 Å². The maximum Gasteiger partial charge on any atom is 0.0518 e. The van der Waals surface area contributed by atoms with Crippen LogP contribution in [0.5, 0.6) is 0 Å². The molecular weight excluding hydrogens is 441 g/mol. The van der Waals surface area contributed by atoms with Gasteiger partial charge in [0, 0.05) is 12.2 Å². The minimum Gasteiger partial charge on any atom is -0.360 e. The summed E-state index contributed by atoms with van der Waals surface area (Å²) in [6, 6.07) is 26.4. The Labute approximate surface area is 217 Å². The SMILES string of the molecule is CP(C(C)(C)C)C(C)(C)C.Cc1cc(C)c(N(Cc2ccccc2)C(C)c2ccccc2)c(C)c1. The lowest BCUT2D eigenvalue weighted by Crippen LogP contribution is -2.28. The minimum absolute atomic E-state index is 0.137. The summed E-state index contributed by atoms with van der Waals surface area (Å²) in [5.41, 5.74) is 8.05. The zero-order valence-electron chi connectivity index (χ0n) is 24.1. The summed E-state index contributed by atoms with van der Waals surface area (Å²) in [7, 11) is 0.137. The first-order valence-electron chi connectivity index (χ1n) is 12.9. The molecule has 3 aromatic rings. The van der Waals surface area contributed by atoms with E-state index in [1.54, 1.807) is 0 Å². The lowest BCUT2D eigenvalue weighted by molar-refractivity contribution is 0.665. The van der Waals surface area contributed by atoms with Crippen LogP contribution < -0.4 is 4.90 Å². The van der Waals surface area contributed by atoms with E-state index in [1.807, 2.05) is 0 Å². The van der Waals surface area contributed by atoms with Crippen molar-refractivity contribution in [2.75, 3.05) is 11.6 Å². The zero-order valence-corrected chi connectivity index (χ0v) is 25.0. The van der Waals surface area contributed by atoms with E-state index in [1.165, 1.54) is 33.5 Å². The summed E-state index contributed by atoms with van der Waals surface area (Å²) < 4.78 is 0. The Morgan fingerprint density at radius 3 is 1.54 bits per heavy atom. The number of hydrogen-bond donors (Lipinski definition) is 0. The third-order valence-corrected chi connectivity index (χ3v) is 10.9. The molecule has 190 valence electrons. The lowest BCUT2D eigenvalue weighted by Gasteiger charge is -2.38. The molecule has 35 heavy (non-hydrogen) atoms. The first kappa shape index (κ1) is 29.1. The highest BCUT2D eigenvalue weighted by Crippen LogP contribution is 2.56. The number of rotatable bonds is 5. The maximum atomic E-state index is 2.54. The van der Waals surface area contributed by atoms with E-state index in [9.17, 15) is 0 Å². The van der Waals surface area contributed by atoms with E-state index in [0.29, 0.717) is 16.4 Å². The van der Waals surface area contributed by atoms with Crippen molar-refractivity contribution in [2.45, 2.75) is 92.1 Å². The van der Waals surface area contributed by atoms with Gasteiger partial charge in [-0.3, -0.25) is 0 Å². The second-order valence-corrected chi connectivity index (χ2v) is 15.6. The highest BCUT2D eigenvalue weighted by Gasteiger charge is 2.29. The van der Waals surface area contributed by atoms with Crippen molar-refractivity contribution >= 4 is 13.6 Å². The summed E-state index contributed by atoms with van der Waals surface area (Å²) in [5.74, 6) is 0. The highest BCUT2D eigenvalue weighted by molar-refractivity contribution is 7.60. The molecule has 0 aliphatic heterocycles. The Hall–Kier alpha value is -2.11. The molecule has 0 bridgehead atoms. The molecule has 0 heterocycles. The Morgan fingerprint density at radius 1 is 0.714 bits per heavy atom. The van der Waals surface area contributed by atoms with Gasteiger partial charge in [-0.05, 0) is 66.9 Å². The molecule has 0 amide bonds. The first-order chi connectivity index (χ1) is 16.2. The predicted octanol–water partition coefficient (Wildman–Crippen LogP) is 10.1. The first-order valence-corrected chi connectivity index (χ1v) is 14.7. The number of hydrogen-bond acceptors (Lipinski definition) is 1. The third kappa shape index (κ3) is 8.50. The van der Waals surface area contributed by atoms with Crippen LogP contribution in [0.3, 0.4) is 0 Å². The molecule has 1 unspecified atom stereocenters. The van der Waals surface area contributed by atoms with Gasteiger partial charge in [-0.15, -0.1) is 0 Å². The van der Waals surface area contributed by atoms with Crippen LogP contribution in [0.25, 0.3) is 0 Å². The Bertz CT molecular complexity index is 1000. The van der Waals surface area contributed by atoms with E-state index in [0.717, 1.165) is 6.54 Å². The Kier molecular flexibility index (Phi) is 10.2. The van der Waals surface area contributed by atoms with Gasteiger partial charge in [0.05, 0.1) is 6.04 Å². The molecule has 2 heteroatoms. The van der Waals surface area contributed by atoms with Crippen molar-refractivity contribution in [3.8, 4) is 0 Å². The molecule has 0 saturated heterocycles. The zero-order chi connectivity index (χ0) is 26.4. The molecule has 0 aromatic heterocycles. The smallest absolute Gasteiger partial charge is 0.0518 e. The van der Waals surface area contributed by atoms with Crippen molar-refractivity contribution in [3.63, 3.8) is 0 Å². The van der Waals surface area contributed by atoms with Crippen molar-refractivity contribution in [1.29, 1.82) is 0 Å². The van der Waals surface area contributed by atoms with Gasteiger partial charge < -0.3 is 4.90 Å². The fraction of sp³-hybridized carbons (Fsp3) is 0.455. The molecule has 0 radical (unpaired) electrons. The summed E-state index contributed by atoms with van der Waals surface area (Å²) in [5, 5.41) is 1.02. The summed E-state index contributed by atoms with van der Waals surface area (Å²) >= 11 is 0. The molecule has 0 fully saturated rings. The van der Waals surface area contributed by atoms with Gasteiger partial charge in [0.25, 0.3) is 0 Å². The monoisotopic (exact) mass is 489 g/mol. The molecule has 0 saturated carbocycles. The minimum atomic E-state index is 0.137. The Balaban J connectivity index is 0.000000367. The van der Waals surface area contributed by atoms with E-state index in [-0.39, 0.29) is 7.92 Å². The van der Waals surface area contributed by atoms with Crippen LogP contribution in [0.15, 0.2) is 72.8 Å². The predicted molar refractivity (Wildman–Crippen MR) is 160 cm³/mol. The van der Waals surface area contributed by atoms with Gasteiger partial charge in [0.2, 0.25) is 0 Å². The van der Waals surface area contributed by atoms with Crippen molar-refractivity contribution in [2.24, 2.45) is 0 Å². The van der Waals surface area contributed by atoms with Gasteiger partial charge >= 0.3 is 0 Å². The van der Waals surface area contributed by atoms with Gasteiger partial charge in [-0.2, -0.15) is 0 Å². The van der Waals surface area contributed by atoms with Crippen LogP contribution in [0.1, 0.15) is 82.3 Å². The number of nitrogens with zero attached hydrogens (tertiary/aromatic N) is 1. The van der Waals surface area contributed by atoms with E-state index >= 15 is 0 Å². The lowest BCUT2D eigenvalue weighted by atomic mass is 9.99. The fourth-order valence-corrected chi connectivity index (χ4v) is 6.75. The van der Waals surface area contributed by atoms with Crippen molar-refractivity contribution in [3.05, 3.63) is 101 Å². The maximum absolute atomic E-state index is 2.54. The molecular formula is C33H48NP. The second kappa shape index (κ2) is 12.2. The average molecular weight is 490 g/mol. The van der Waals surface area contributed by atoms with Crippen molar-refractivity contribution in [1.82, 2.24) is 0 Å². The van der Waals surface area contributed by atoms with Crippen LogP contribution in [-0.2, 0) is 6.54 Å². The highest BCUT2D eigenvalue weighted by atomic mass is 31.1. The summed E-state index contributed by atoms with van der Waals surface area (Å²) in [6.07, 6.45) is 0. The molecule has 1 nitrogen and oxygen atoms in total. The van der Waals surface area contributed by atoms with Gasteiger partial charge in [-0.1, -0.05) is 128 Å². The number of benzene rings is 3. The molecule has 3 aromatic carbocycles. The fourth-order valence-electron chi connectivity index (χ4n) is 4.73. The number of aryl methyl sites for hydroxylation is 3. The summed E-state index contributed by atoms with van der Waals surface area (Å²) in [6.45, 7) is 26.3. The Morgan fingerprint density at radius 2 is 1.14 bits per heavy atom. The largest absolute Gasteiger partial charge is 0.360 e. The normalized spacial score (nSPS) is 12.7.